The number of methoxy groups -OCH3 is 1. The van der Waals surface area contributed by atoms with E-state index < -0.39 is 28.5 Å². The van der Waals surface area contributed by atoms with Crippen molar-refractivity contribution in [3.8, 4) is 5.75 Å². The molecule has 1 aliphatic rings. The van der Waals surface area contributed by atoms with Gasteiger partial charge in [-0.05, 0) is 84.9 Å². The van der Waals surface area contributed by atoms with Crippen LogP contribution in [-0.2, 0) is 26.2 Å². The fourth-order valence-electron chi connectivity index (χ4n) is 5.53. The normalized spacial score (nSPS) is 14.5. The number of sulfonamides is 1. The molecular formula is C34H42BrN3O5S. The summed E-state index contributed by atoms with van der Waals surface area (Å²) >= 11 is 3.39. The Morgan fingerprint density at radius 1 is 0.955 bits per heavy atom. The van der Waals surface area contributed by atoms with Crippen LogP contribution in [0.1, 0.15) is 62.1 Å². The lowest BCUT2D eigenvalue weighted by atomic mass is 9.95. The van der Waals surface area contributed by atoms with Gasteiger partial charge in [0, 0.05) is 12.6 Å². The van der Waals surface area contributed by atoms with Gasteiger partial charge >= 0.3 is 0 Å². The SMILES string of the molecule is CC[C@@H](C(=O)NC1CCCCC1)N(Cc1ccc(C)cc1)C(=O)CN(c1ccc(C)cc1)S(=O)(=O)c1ccc(OC)c(Br)c1. The Hall–Kier alpha value is -3.37. The fraction of sp³-hybridized carbons (Fsp3) is 0.412. The maximum absolute atomic E-state index is 14.3. The van der Waals surface area contributed by atoms with Crippen molar-refractivity contribution in [3.63, 3.8) is 0 Å². The van der Waals surface area contributed by atoms with Crippen LogP contribution < -0.4 is 14.4 Å². The molecule has 44 heavy (non-hydrogen) atoms. The smallest absolute Gasteiger partial charge is 0.264 e. The highest BCUT2D eigenvalue weighted by Crippen LogP contribution is 2.31. The molecule has 4 rings (SSSR count). The van der Waals surface area contributed by atoms with Gasteiger partial charge in [-0.25, -0.2) is 8.42 Å². The zero-order valence-electron chi connectivity index (χ0n) is 25.9. The second-order valence-corrected chi connectivity index (χ2v) is 14.1. The van der Waals surface area contributed by atoms with Crippen LogP contribution in [0.5, 0.6) is 5.75 Å². The second kappa shape index (κ2) is 15.1. The molecule has 3 aromatic rings. The topological polar surface area (TPSA) is 96.0 Å². The quantitative estimate of drug-likeness (QED) is 0.234. The van der Waals surface area contributed by atoms with E-state index in [0.717, 1.165) is 53.1 Å². The molecule has 0 unspecified atom stereocenters. The van der Waals surface area contributed by atoms with Crippen LogP contribution in [0.4, 0.5) is 5.69 Å². The van der Waals surface area contributed by atoms with Crippen LogP contribution in [0.2, 0.25) is 0 Å². The van der Waals surface area contributed by atoms with Gasteiger partial charge in [0.1, 0.15) is 18.3 Å². The highest BCUT2D eigenvalue weighted by atomic mass is 79.9. The summed E-state index contributed by atoms with van der Waals surface area (Å²) in [6, 6.07) is 18.6. The van der Waals surface area contributed by atoms with Crippen LogP contribution in [0.25, 0.3) is 0 Å². The minimum absolute atomic E-state index is 0.00529. The molecule has 10 heteroatoms. The van der Waals surface area contributed by atoms with E-state index in [9.17, 15) is 18.0 Å². The molecule has 1 saturated carbocycles. The van der Waals surface area contributed by atoms with Crippen molar-refractivity contribution in [2.24, 2.45) is 0 Å². The zero-order valence-corrected chi connectivity index (χ0v) is 28.3. The molecule has 0 aromatic heterocycles. The number of amides is 2. The van der Waals surface area contributed by atoms with Crippen molar-refractivity contribution in [3.05, 3.63) is 87.9 Å². The third kappa shape index (κ3) is 8.21. The Labute approximate surface area is 270 Å². The van der Waals surface area contributed by atoms with Gasteiger partial charge in [-0.2, -0.15) is 0 Å². The van der Waals surface area contributed by atoms with Gasteiger partial charge in [0.15, 0.2) is 0 Å². The van der Waals surface area contributed by atoms with E-state index in [1.54, 1.807) is 18.2 Å². The van der Waals surface area contributed by atoms with E-state index in [4.69, 9.17) is 4.74 Å². The molecule has 0 bridgehead atoms. The summed E-state index contributed by atoms with van der Waals surface area (Å²) in [5.41, 5.74) is 3.25. The standard InChI is InChI=1S/C34H42BrN3O5S/c1-5-31(34(40)36-27-9-7-6-8-10-27)37(22-26-15-11-24(2)12-16-26)33(39)23-38(28-17-13-25(3)14-18-28)44(41,42)29-19-20-32(43-4)30(35)21-29/h11-21,27,31H,5-10,22-23H2,1-4H3,(H,36,40)/t31-/m0/s1. The van der Waals surface area contributed by atoms with E-state index >= 15 is 0 Å². The molecule has 1 fully saturated rings. The average Bonchev–Trinajstić information content (AvgIpc) is 3.01. The molecule has 1 N–H and O–H groups in total. The molecule has 2 amide bonds. The first-order valence-corrected chi connectivity index (χ1v) is 17.3. The van der Waals surface area contributed by atoms with Crippen molar-refractivity contribution in [2.45, 2.75) is 82.8 Å². The number of aryl methyl sites for hydroxylation is 2. The highest BCUT2D eigenvalue weighted by Gasteiger charge is 2.34. The number of hydrogen-bond acceptors (Lipinski definition) is 5. The maximum atomic E-state index is 14.3. The second-order valence-electron chi connectivity index (χ2n) is 11.4. The molecule has 3 aromatic carbocycles. The summed E-state index contributed by atoms with van der Waals surface area (Å²) in [6.07, 6.45) is 5.53. The van der Waals surface area contributed by atoms with Gasteiger partial charge in [-0.3, -0.25) is 13.9 Å². The number of rotatable bonds is 12. The maximum Gasteiger partial charge on any atom is 0.264 e. The lowest BCUT2D eigenvalue weighted by molar-refractivity contribution is -0.140. The average molecular weight is 685 g/mol. The van der Waals surface area contributed by atoms with E-state index in [0.29, 0.717) is 22.3 Å². The van der Waals surface area contributed by atoms with Crippen LogP contribution in [0.15, 0.2) is 76.1 Å². The lowest BCUT2D eigenvalue weighted by Crippen LogP contribution is -2.54. The minimum atomic E-state index is -4.20. The molecule has 0 heterocycles. The van der Waals surface area contributed by atoms with Gasteiger partial charge in [-0.15, -0.1) is 0 Å². The molecule has 236 valence electrons. The van der Waals surface area contributed by atoms with Crippen molar-refractivity contribution in [2.75, 3.05) is 18.0 Å². The minimum Gasteiger partial charge on any atom is -0.496 e. The number of ether oxygens (including phenoxy) is 1. The number of carbonyl (C=O) groups is 2. The zero-order chi connectivity index (χ0) is 31.9. The van der Waals surface area contributed by atoms with E-state index in [1.165, 1.54) is 24.1 Å². The molecule has 0 saturated heterocycles. The number of nitrogens with one attached hydrogen (secondary N) is 1. The summed E-state index contributed by atoms with van der Waals surface area (Å²) in [4.78, 5) is 29.5. The first-order chi connectivity index (χ1) is 21.0. The number of hydrogen-bond donors (Lipinski definition) is 1. The summed E-state index contributed by atoms with van der Waals surface area (Å²) in [6.45, 7) is 5.47. The van der Waals surface area contributed by atoms with Gasteiger partial charge in [0.2, 0.25) is 11.8 Å². The number of anilines is 1. The highest BCUT2D eigenvalue weighted by molar-refractivity contribution is 9.10. The number of carbonyl (C=O) groups excluding carboxylic acids is 2. The van der Waals surface area contributed by atoms with Gasteiger partial charge in [0.05, 0.1) is 22.2 Å². The van der Waals surface area contributed by atoms with Crippen molar-refractivity contribution in [1.82, 2.24) is 10.2 Å². The first kappa shape index (κ1) is 33.5. The Morgan fingerprint density at radius 3 is 2.14 bits per heavy atom. The van der Waals surface area contributed by atoms with Gasteiger partial charge in [-0.1, -0.05) is 73.7 Å². The van der Waals surface area contributed by atoms with Crippen LogP contribution in [0, 0.1) is 13.8 Å². The molecule has 0 radical (unpaired) electrons. The summed E-state index contributed by atoms with van der Waals surface area (Å²) in [5, 5.41) is 3.18. The summed E-state index contributed by atoms with van der Waals surface area (Å²) < 4.78 is 35.2. The van der Waals surface area contributed by atoms with Crippen molar-refractivity contribution >= 4 is 43.5 Å². The van der Waals surface area contributed by atoms with E-state index in [-0.39, 0.29) is 23.4 Å². The van der Waals surface area contributed by atoms with Gasteiger partial charge < -0.3 is 15.0 Å². The Morgan fingerprint density at radius 2 is 1.57 bits per heavy atom. The largest absolute Gasteiger partial charge is 0.496 e. The number of benzene rings is 3. The van der Waals surface area contributed by atoms with Crippen LogP contribution >= 0.6 is 15.9 Å². The lowest BCUT2D eigenvalue weighted by Gasteiger charge is -2.34. The Balaban J connectivity index is 1.71. The molecule has 0 aliphatic heterocycles. The Kier molecular flexibility index (Phi) is 11.5. The third-order valence-electron chi connectivity index (χ3n) is 8.12. The van der Waals surface area contributed by atoms with Gasteiger partial charge in [0.25, 0.3) is 10.0 Å². The van der Waals surface area contributed by atoms with E-state index in [2.05, 4.69) is 21.2 Å². The first-order valence-electron chi connectivity index (χ1n) is 15.1. The number of halogens is 1. The van der Waals surface area contributed by atoms with E-state index in [1.807, 2.05) is 57.2 Å². The number of nitrogens with zero attached hydrogens (tertiary/aromatic N) is 2. The third-order valence-corrected chi connectivity index (χ3v) is 10.5. The van der Waals surface area contributed by atoms with Crippen molar-refractivity contribution < 1.29 is 22.7 Å². The van der Waals surface area contributed by atoms with Crippen LogP contribution in [-0.4, -0.2) is 50.9 Å². The molecule has 8 nitrogen and oxygen atoms in total. The Bertz CT molecular complexity index is 1540. The summed E-state index contributed by atoms with van der Waals surface area (Å²) in [7, 11) is -2.69. The van der Waals surface area contributed by atoms with Crippen molar-refractivity contribution in [1.29, 1.82) is 0 Å². The fourth-order valence-corrected chi connectivity index (χ4v) is 7.66. The molecular weight excluding hydrogens is 642 g/mol. The molecule has 0 spiro atoms. The summed E-state index contributed by atoms with van der Waals surface area (Å²) in [5.74, 6) is -0.183. The monoisotopic (exact) mass is 683 g/mol. The predicted octanol–water partition coefficient (Wildman–Crippen LogP) is 6.53. The molecule has 1 atom stereocenters. The molecule has 1 aliphatic carbocycles. The van der Waals surface area contributed by atoms with Crippen LogP contribution in [0.3, 0.4) is 0 Å². The predicted molar refractivity (Wildman–Crippen MR) is 177 cm³/mol.